The van der Waals surface area contributed by atoms with Crippen LogP contribution in [0.1, 0.15) is 66.2 Å². The van der Waals surface area contributed by atoms with E-state index in [1.54, 1.807) is 32.0 Å². The van der Waals surface area contributed by atoms with Crippen molar-refractivity contribution in [3.8, 4) is 0 Å². The zero-order chi connectivity index (χ0) is 34.0. The third kappa shape index (κ3) is 7.93. The van der Waals surface area contributed by atoms with E-state index >= 15 is 0 Å². The largest absolute Gasteiger partial charge is 0.416 e. The number of rotatable bonds is 11. The molecule has 2 aliphatic heterocycles. The zero-order valence-electron chi connectivity index (χ0n) is 27.0. The second kappa shape index (κ2) is 13.9. The fourth-order valence-corrected chi connectivity index (χ4v) is 8.04. The van der Waals surface area contributed by atoms with Crippen LogP contribution in [0, 0.1) is 0 Å². The highest BCUT2D eigenvalue weighted by atomic mass is 32.2. The summed E-state index contributed by atoms with van der Waals surface area (Å²) in [5, 5.41) is 17.7. The van der Waals surface area contributed by atoms with E-state index in [0.717, 1.165) is 41.9 Å². The number of halogens is 3. The van der Waals surface area contributed by atoms with Crippen LogP contribution in [0.2, 0.25) is 0 Å². The van der Waals surface area contributed by atoms with Crippen molar-refractivity contribution in [1.82, 2.24) is 10.6 Å². The van der Waals surface area contributed by atoms with Crippen LogP contribution in [0.4, 0.5) is 24.5 Å². The van der Waals surface area contributed by atoms with Crippen LogP contribution in [0.25, 0.3) is 0 Å². The van der Waals surface area contributed by atoms with E-state index in [9.17, 15) is 31.5 Å². The Morgan fingerprint density at radius 2 is 1.66 bits per heavy atom. The van der Waals surface area contributed by atoms with Crippen LogP contribution in [-0.4, -0.2) is 63.5 Å². The van der Waals surface area contributed by atoms with Crippen molar-refractivity contribution in [3.63, 3.8) is 0 Å². The van der Waals surface area contributed by atoms with Gasteiger partial charge < -0.3 is 20.6 Å². The summed E-state index contributed by atoms with van der Waals surface area (Å²) in [6.45, 7) is 7.24. The van der Waals surface area contributed by atoms with Crippen molar-refractivity contribution in [2.24, 2.45) is 0 Å². The lowest BCUT2D eigenvalue weighted by Crippen LogP contribution is -2.51. The first kappa shape index (κ1) is 34.7. The van der Waals surface area contributed by atoms with Gasteiger partial charge in [-0.1, -0.05) is 42.5 Å². The molecular formula is C35H43F3N4O4S. The van der Waals surface area contributed by atoms with Gasteiger partial charge in [-0.2, -0.15) is 13.2 Å². The highest BCUT2D eigenvalue weighted by Gasteiger charge is 2.35. The lowest BCUT2D eigenvalue weighted by atomic mass is 9.92. The summed E-state index contributed by atoms with van der Waals surface area (Å²) in [6, 6.07) is 17.1. The van der Waals surface area contributed by atoms with E-state index in [1.807, 2.05) is 37.3 Å². The molecule has 3 aromatic rings. The lowest BCUT2D eigenvalue weighted by Gasteiger charge is -2.32. The Balaban J connectivity index is 1.41. The Bertz CT molecular complexity index is 1680. The molecule has 0 aliphatic carbocycles. The minimum Gasteiger partial charge on any atom is -0.390 e. The van der Waals surface area contributed by atoms with Gasteiger partial charge in [-0.15, -0.1) is 0 Å². The summed E-state index contributed by atoms with van der Waals surface area (Å²) in [5.41, 5.74) is 2.17. The molecule has 2 atom stereocenters. The third-order valence-electron chi connectivity index (χ3n) is 9.18. The van der Waals surface area contributed by atoms with Crippen molar-refractivity contribution < 1.29 is 31.5 Å². The van der Waals surface area contributed by atoms with Gasteiger partial charge in [-0.25, -0.2) is 8.42 Å². The van der Waals surface area contributed by atoms with Crippen LogP contribution < -0.4 is 19.8 Å². The van der Waals surface area contributed by atoms with Crippen LogP contribution in [0.15, 0.2) is 66.7 Å². The number of sulfonamides is 1. The molecule has 1 fully saturated rings. The standard InChI is InChI=1S/C35H43F3N4O4S/c1-4-41-17-15-28-30(41)20-25(21-31(28)42-16-8-9-18-47(42,45)46)33(44)40-29(19-24-11-6-5-7-12-24)32(43)23-39-34(2,3)26-13-10-14-27(22-26)35(36,37)38/h5-7,10-14,20-22,29,32,39,43H,4,8-9,15-19,23H2,1-3H3,(H,40,44)/t29-,32+/m0/s1. The number of amides is 1. The number of alkyl halides is 3. The lowest BCUT2D eigenvalue weighted by molar-refractivity contribution is -0.137. The number of fused-ring (bicyclic) bond motifs is 1. The second-order valence-electron chi connectivity index (χ2n) is 12.8. The van der Waals surface area contributed by atoms with Gasteiger partial charge in [0.25, 0.3) is 5.91 Å². The van der Waals surface area contributed by atoms with Gasteiger partial charge >= 0.3 is 6.18 Å². The molecule has 0 spiro atoms. The summed E-state index contributed by atoms with van der Waals surface area (Å²) in [4.78, 5) is 16.1. The van der Waals surface area contributed by atoms with E-state index in [-0.39, 0.29) is 12.3 Å². The summed E-state index contributed by atoms with van der Waals surface area (Å²) in [5.74, 6) is -0.395. The number of hydrogen-bond donors (Lipinski definition) is 3. The first-order valence-electron chi connectivity index (χ1n) is 16.1. The summed E-state index contributed by atoms with van der Waals surface area (Å²) in [7, 11) is -3.52. The normalized spacial score (nSPS) is 17.7. The molecule has 5 rings (SSSR count). The molecule has 3 aromatic carbocycles. The number of carbonyl (C=O) groups excluding carboxylic acids is 1. The maximum atomic E-state index is 14.0. The molecule has 2 aliphatic rings. The topological polar surface area (TPSA) is 102 Å². The number of nitrogens with one attached hydrogen (secondary N) is 2. The Kier molecular flexibility index (Phi) is 10.2. The smallest absolute Gasteiger partial charge is 0.390 e. The minimum absolute atomic E-state index is 0.0217. The number of anilines is 2. The predicted octanol–water partition coefficient (Wildman–Crippen LogP) is 5.24. The summed E-state index contributed by atoms with van der Waals surface area (Å²) in [6.07, 6.45) is -3.31. The molecule has 0 radical (unpaired) electrons. The molecule has 2 heterocycles. The van der Waals surface area contributed by atoms with Crippen LogP contribution in [0.3, 0.4) is 0 Å². The van der Waals surface area contributed by atoms with E-state index in [1.165, 1.54) is 10.4 Å². The molecule has 47 heavy (non-hydrogen) atoms. The molecule has 254 valence electrons. The Morgan fingerprint density at radius 3 is 2.34 bits per heavy atom. The highest BCUT2D eigenvalue weighted by molar-refractivity contribution is 7.92. The average Bonchev–Trinajstić information content (AvgIpc) is 3.46. The van der Waals surface area contributed by atoms with E-state index in [0.29, 0.717) is 49.2 Å². The number of hydrogen-bond acceptors (Lipinski definition) is 6. The first-order chi connectivity index (χ1) is 22.2. The Morgan fingerprint density at radius 1 is 0.957 bits per heavy atom. The summed E-state index contributed by atoms with van der Waals surface area (Å²) >= 11 is 0. The van der Waals surface area contributed by atoms with Crippen molar-refractivity contribution in [1.29, 1.82) is 0 Å². The van der Waals surface area contributed by atoms with Gasteiger partial charge in [0.1, 0.15) is 0 Å². The van der Waals surface area contributed by atoms with Gasteiger partial charge in [-0.05, 0) is 81.8 Å². The molecule has 8 nitrogen and oxygen atoms in total. The number of carbonyl (C=O) groups is 1. The minimum atomic E-state index is -4.49. The van der Waals surface area contributed by atoms with Gasteiger partial charge in [0, 0.05) is 48.5 Å². The van der Waals surface area contributed by atoms with Crippen molar-refractivity contribution in [2.45, 2.75) is 70.3 Å². The second-order valence-corrected chi connectivity index (χ2v) is 14.9. The van der Waals surface area contributed by atoms with Crippen LogP contribution in [-0.2, 0) is 34.6 Å². The van der Waals surface area contributed by atoms with Crippen LogP contribution >= 0.6 is 0 Å². The molecule has 0 saturated carbocycles. The Hall–Kier alpha value is -3.61. The number of aliphatic hydroxyl groups excluding tert-OH is 1. The Labute approximate surface area is 275 Å². The molecule has 3 N–H and O–H groups in total. The van der Waals surface area contributed by atoms with Gasteiger partial charge in [-0.3, -0.25) is 9.10 Å². The predicted molar refractivity (Wildman–Crippen MR) is 178 cm³/mol. The number of benzene rings is 3. The summed E-state index contributed by atoms with van der Waals surface area (Å²) < 4.78 is 67.9. The maximum Gasteiger partial charge on any atom is 0.416 e. The molecule has 12 heteroatoms. The van der Waals surface area contributed by atoms with Gasteiger partial charge in [0.05, 0.1) is 29.1 Å². The average molecular weight is 673 g/mol. The van der Waals surface area contributed by atoms with Crippen molar-refractivity contribution >= 4 is 27.3 Å². The fraction of sp³-hybridized carbons (Fsp3) is 0.457. The molecule has 0 bridgehead atoms. The maximum absolute atomic E-state index is 14.0. The molecule has 1 saturated heterocycles. The third-order valence-corrected chi connectivity index (χ3v) is 11.0. The van der Waals surface area contributed by atoms with Gasteiger partial charge in [0.2, 0.25) is 10.0 Å². The van der Waals surface area contributed by atoms with E-state index in [4.69, 9.17) is 0 Å². The first-order valence-corrected chi connectivity index (χ1v) is 17.7. The molecule has 0 aromatic heterocycles. The van der Waals surface area contributed by atoms with Gasteiger partial charge in [0.15, 0.2) is 0 Å². The van der Waals surface area contributed by atoms with Crippen molar-refractivity contribution in [2.75, 3.05) is 41.1 Å². The number of aliphatic hydroxyl groups is 1. The monoisotopic (exact) mass is 672 g/mol. The van der Waals surface area contributed by atoms with Crippen molar-refractivity contribution in [3.05, 3.63) is 94.5 Å². The van der Waals surface area contributed by atoms with E-state index in [2.05, 4.69) is 15.5 Å². The van der Waals surface area contributed by atoms with Crippen LogP contribution in [0.5, 0.6) is 0 Å². The van der Waals surface area contributed by atoms with E-state index < -0.39 is 45.4 Å². The molecule has 1 amide bonds. The quantitative estimate of drug-likeness (QED) is 0.258. The SMILES string of the molecule is CCN1CCc2c1cc(C(=O)N[C@@H](Cc1ccccc1)[C@H](O)CNC(C)(C)c1cccc(C(F)(F)F)c1)cc2N1CCCCS1(=O)=O. The zero-order valence-corrected chi connectivity index (χ0v) is 27.8. The number of nitrogens with zero attached hydrogens (tertiary/aromatic N) is 2. The highest BCUT2D eigenvalue weighted by Crippen LogP contribution is 2.39. The molecule has 0 unspecified atom stereocenters. The molecular weight excluding hydrogens is 629 g/mol. The fourth-order valence-electron chi connectivity index (χ4n) is 6.38. The number of likely N-dealkylation sites (N-methyl/N-ethyl adjacent to an activating group) is 1.